The van der Waals surface area contributed by atoms with Crippen molar-refractivity contribution in [2.24, 2.45) is 5.92 Å². The molecule has 1 amide bonds. The van der Waals surface area contributed by atoms with Crippen LogP contribution in [0.15, 0.2) is 18.2 Å². The van der Waals surface area contributed by atoms with Crippen molar-refractivity contribution in [3.8, 4) is 11.5 Å². The molecule has 25 heavy (non-hydrogen) atoms. The maximum absolute atomic E-state index is 12.5. The van der Waals surface area contributed by atoms with E-state index in [4.69, 9.17) is 9.47 Å². The number of hydrogen-bond acceptors (Lipinski definition) is 4. The highest BCUT2D eigenvalue weighted by molar-refractivity contribution is 5.76. The second-order valence-electron chi connectivity index (χ2n) is 7.18. The second-order valence-corrected chi connectivity index (χ2v) is 7.18. The molecule has 1 aromatic carbocycles. The van der Waals surface area contributed by atoms with E-state index in [0.29, 0.717) is 12.5 Å². The molecule has 1 aromatic rings. The van der Waals surface area contributed by atoms with E-state index in [0.717, 1.165) is 55.6 Å². The summed E-state index contributed by atoms with van der Waals surface area (Å²) >= 11 is 0. The summed E-state index contributed by atoms with van der Waals surface area (Å²) in [4.78, 5) is 17.1. The van der Waals surface area contributed by atoms with Gasteiger partial charge in [0.05, 0.1) is 14.2 Å². The fourth-order valence-electron chi connectivity index (χ4n) is 3.70. The molecule has 2 fully saturated rings. The van der Waals surface area contributed by atoms with Gasteiger partial charge >= 0.3 is 0 Å². The monoisotopic (exact) mass is 346 g/mol. The number of nitrogens with zero attached hydrogens (tertiary/aromatic N) is 2. The second kappa shape index (κ2) is 8.09. The van der Waals surface area contributed by atoms with Gasteiger partial charge < -0.3 is 14.4 Å². The molecule has 1 aliphatic heterocycles. The number of ether oxygens (including phenoxy) is 2. The minimum Gasteiger partial charge on any atom is -0.493 e. The Morgan fingerprint density at radius 2 is 1.80 bits per heavy atom. The first kappa shape index (κ1) is 18.1. The molecule has 1 heterocycles. The van der Waals surface area contributed by atoms with Gasteiger partial charge in [0.15, 0.2) is 11.5 Å². The summed E-state index contributed by atoms with van der Waals surface area (Å²) in [7, 11) is 3.26. The molecule has 5 heteroatoms. The standard InChI is InChI=1S/C20H30N2O3/c1-15(17-6-7-17)21-10-12-22(13-11-21)20(23)9-5-16-4-8-18(24-2)19(14-16)25-3/h4,8,14-15,17H,5-7,9-13H2,1-3H3. The number of rotatable bonds is 7. The zero-order chi connectivity index (χ0) is 17.8. The lowest BCUT2D eigenvalue weighted by Crippen LogP contribution is -2.51. The minimum absolute atomic E-state index is 0.258. The van der Waals surface area contributed by atoms with Crippen LogP contribution in [0.4, 0.5) is 0 Å². The zero-order valence-electron chi connectivity index (χ0n) is 15.7. The van der Waals surface area contributed by atoms with Gasteiger partial charge in [0.1, 0.15) is 0 Å². The van der Waals surface area contributed by atoms with Crippen LogP contribution in [0.1, 0.15) is 31.7 Å². The molecule has 5 nitrogen and oxygen atoms in total. The molecule has 1 saturated carbocycles. The lowest BCUT2D eigenvalue weighted by Gasteiger charge is -2.38. The number of methoxy groups -OCH3 is 2. The zero-order valence-corrected chi connectivity index (χ0v) is 15.7. The van der Waals surface area contributed by atoms with Gasteiger partial charge in [-0.2, -0.15) is 0 Å². The quantitative estimate of drug-likeness (QED) is 0.761. The Bertz CT molecular complexity index is 593. The maximum Gasteiger partial charge on any atom is 0.222 e. The van der Waals surface area contributed by atoms with E-state index in [9.17, 15) is 4.79 Å². The van der Waals surface area contributed by atoms with Crippen LogP contribution in [0, 0.1) is 5.92 Å². The molecule has 1 saturated heterocycles. The summed E-state index contributed by atoms with van der Waals surface area (Å²) < 4.78 is 10.6. The van der Waals surface area contributed by atoms with Gasteiger partial charge in [0.25, 0.3) is 0 Å². The number of benzene rings is 1. The fourth-order valence-corrected chi connectivity index (χ4v) is 3.70. The average Bonchev–Trinajstić information content (AvgIpc) is 3.50. The molecule has 0 spiro atoms. The minimum atomic E-state index is 0.258. The molecular formula is C20H30N2O3. The first-order chi connectivity index (χ1) is 12.1. The van der Waals surface area contributed by atoms with Crippen molar-refractivity contribution < 1.29 is 14.3 Å². The molecular weight excluding hydrogens is 316 g/mol. The van der Waals surface area contributed by atoms with Crippen molar-refractivity contribution >= 4 is 5.91 Å². The Hall–Kier alpha value is -1.75. The van der Waals surface area contributed by atoms with E-state index < -0.39 is 0 Å². The molecule has 1 aliphatic carbocycles. The van der Waals surface area contributed by atoms with Gasteiger partial charge in [-0.15, -0.1) is 0 Å². The van der Waals surface area contributed by atoms with Crippen LogP contribution in [0.5, 0.6) is 11.5 Å². The van der Waals surface area contributed by atoms with Gasteiger partial charge in [-0.05, 0) is 49.8 Å². The van der Waals surface area contributed by atoms with Crippen molar-refractivity contribution in [3.63, 3.8) is 0 Å². The third-order valence-corrected chi connectivity index (χ3v) is 5.62. The predicted molar refractivity (Wildman–Crippen MR) is 98.2 cm³/mol. The first-order valence-corrected chi connectivity index (χ1v) is 9.35. The van der Waals surface area contributed by atoms with Crippen LogP contribution in [-0.2, 0) is 11.2 Å². The van der Waals surface area contributed by atoms with Crippen molar-refractivity contribution in [3.05, 3.63) is 23.8 Å². The first-order valence-electron chi connectivity index (χ1n) is 9.35. The third-order valence-electron chi connectivity index (χ3n) is 5.62. The summed E-state index contributed by atoms with van der Waals surface area (Å²) in [5.41, 5.74) is 1.10. The Morgan fingerprint density at radius 1 is 1.12 bits per heavy atom. The summed E-state index contributed by atoms with van der Waals surface area (Å²) in [6, 6.07) is 6.55. The summed E-state index contributed by atoms with van der Waals surface area (Å²) in [6.07, 6.45) is 4.04. The molecule has 2 aliphatic rings. The molecule has 1 unspecified atom stereocenters. The highest BCUT2D eigenvalue weighted by atomic mass is 16.5. The van der Waals surface area contributed by atoms with Gasteiger partial charge in [0, 0.05) is 38.6 Å². The summed E-state index contributed by atoms with van der Waals surface area (Å²) in [5, 5.41) is 0. The smallest absolute Gasteiger partial charge is 0.222 e. The lowest BCUT2D eigenvalue weighted by molar-refractivity contribution is -0.133. The SMILES string of the molecule is COc1ccc(CCC(=O)N2CCN(C(C)C3CC3)CC2)cc1OC. The summed E-state index contributed by atoms with van der Waals surface area (Å²) in [5.74, 6) is 2.59. The van der Waals surface area contributed by atoms with Crippen LogP contribution in [0.2, 0.25) is 0 Å². The molecule has 0 bridgehead atoms. The average molecular weight is 346 g/mol. The fraction of sp³-hybridized carbons (Fsp3) is 0.650. The molecule has 0 radical (unpaired) electrons. The number of hydrogen-bond donors (Lipinski definition) is 0. The van der Waals surface area contributed by atoms with Crippen LogP contribution in [0.25, 0.3) is 0 Å². The van der Waals surface area contributed by atoms with Crippen molar-refractivity contribution in [2.75, 3.05) is 40.4 Å². The Balaban J connectivity index is 1.46. The molecule has 0 aromatic heterocycles. The van der Waals surface area contributed by atoms with Crippen molar-refractivity contribution in [2.45, 2.75) is 38.6 Å². The number of piperazine rings is 1. The third kappa shape index (κ3) is 4.46. The van der Waals surface area contributed by atoms with E-state index >= 15 is 0 Å². The topological polar surface area (TPSA) is 42.0 Å². The van der Waals surface area contributed by atoms with E-state index in [1.807, 2.05) is 23.1 Å². The largest absolute Gasteiger partial charge is 0.493 e. The van der Waals surface area contributed by atoms with Crippen LogP contribution < -0.4 is 9.47 Å². The van der Waals surface area contributed by atoms with E-state index in [2.05, 4.69) is 11.8 Å². The Kier molecular flexibility index (Phi) is 5.84. The van der Waals surface area contributed by atoms with Crippen molar-refractivity contribution in [1.82, 2.24) is 9.80 Å². The number of aryl methyl sites for hydroxylation is 1. The highest BCUT2D eigenvalue weighted by Crippen LogP contribution is 2.35. The highest BCUT2D eigenvalue weighted by Gasteiger charge is 2.33. The summed E-state index contributed by atoms with van der Waals surface area (Å²) in [6.45, 7) is 6.09. The van der Waals surface area contributed by atoms with Gasteiger partial charge in [0.2, 0.25) is 5.91 Å². The van der Waals surface area contributed by atoms with Crippen LogP contribution in [0.3, 0.4) is 0 Å². The van der Waals surface area contributed by atoms with Gasteiger partial charge in [-0.25, -0.2) is 0 Å². The van der Waals surface area contributed by atoms with E-state index in [-0.39, 0.29) is 5.91 Å². The van der Waals surface area contributed by atoms with Gasteiger partial charge in [-0.3, -0.25) is 9.69 Å². The van der Waals surface area contributed by atoms with Crippen LogP contribution >= 0.6 is 0 Å². The lowest BCUT2D eigenvalue weighted by atomic mass is 10.1. The molecule has 3 rings (SSSR count). The maximum atomic E-state index is 12.5. The van der Waals surface area contributed by atoms with E-state index in [1.54, 1.807) is 14.2 Å². The number of carbonyl (C=O) groups excluding carboxylic acids is 1. The van der Waals surface area contributed by atoms with Crippen LogP contribution in [-0.4, -0.2) is 62.1 Å². The molecule has 138 valence electrons. The predicted octanol–water partition coefficient (Wildman–Crippen LogP) is 2.58. The number of amides is 1. The normalized spacial score (nSPS) is 19.6. The van der Waals surface area contributed by atoms with Gasteiger partial charge in [-0.1, -0.05) is 6.07 Å². The number of carbonyl (C=O) groups is 1. The molecule has 0 N–H and O–H groups in total. The van der Waals surface area contributed by atoms with E-state index in [1.165, 1.54) is 12.8 Å². The van der Waals surface area contributed by atoms with Crippen molar-refractivity contribution in [1.29, 1.82) is 0 Å². The Morgan fingerprint density at radius 3 is 2.40 bits per heavy atom. The Labute approximate surface area is 150 Å². The molecule has 1 atom stereocenters.